The first kappa shape index (κ1) is 6.62. The van der Waals surface area contributed by atoms with E-state index in [-0.39, 0.29) is 11.9 Å². The average Bonchev–Trinajstić information content (AvgIpc) is 2.04. The molecule has 0 spiro atoms. The summed E-state index contributed by atoms with van der Waals surface area (Å²) in [6.45, 7) is 4.23. The molecule has 2 saturated heterocycles. The molecule has 0 aromatic rings. The second-order valence-corrected chi connectivity index (χ2v) is 3.71. The Morgan fingerprint density at radius 1 is 1.30 bits per heavy atom. The van der Waals surface area contributed by atoms with E-state index in [0.29, 0.717) is 6.10 Å². The van der Waals surface area contributed by atoms with Crippen LogP contribution in [-0.2, 0) is 9.47 Å². The summed E-state index contributed by atoms with van der Waals surface area (Å²) in [4.78, 5) is 0. The maximum Gasteiger partial charge on any atom is 0.158 e. The molecule has 0 radical (unpaired) electrons. The van der Waals surface area contributed by atoms with Crippen LogP contribution < -0.4 is 0 Å². The SMILES string of the molecule is CC1(C)O[C@H]2CCC[C@@H]1O2. The van der Waals surface area contributed by atoms with E-state index >= 15 is 0 Å². The number of fused-ring (bicyclic) bond motifs is 2. The van der Waals surface area contributed by atoms with Gasteiger partial charge >= 0.3 is 0 Å². The van der Waals surface area contributed by atoms with Crippen LogP contribution in [0, 0.1) is 0 Å². The lowest BCUT2D eigenvalue weighted by atomic mass is 9.97. The van der Waals surface area contributed by atoms with E-state index in [9.17, 15) is 0 Å². The van der Waals surface area contributed by atoms with Crippen LogP contribution in [0.4, 0.5) is 0 Å². The summed E-state index contributed by atoms with van der Waals surface area (Å²) in [5.74, 6) is 0. The van der Waals surface area contributed by atoms with Crippen molar-refractivity contribution in [3.05, 3.63) is 0 Å². The van der Waals surface area contributed by atoms with Crippen molar-refractivity contribution in [2.75, 3.05) is 0 Å². The Morgan fingerprint density at radius 3 is 2.70 bits per heavy atom. The van der Waals surface area contributed by atoms with Gasteiger partial charge < -0.3 is 9.47 Å². The number of hydrogen-bond donors (Lipinski definition) is 0. The average molecular weight is 142 g/mol. The predicted octanol–water partition coefficient (Wildman–Crippen LogP) is 1.69. The van der Waals surface area contributed by atoms with E-state index in [1.54, 1.807) is 0 Å². The summed E-state index contributed by atoms with van der Waals surface area (Å²) in [6.07, 6.45) is 3.97. The molecule has 2 heteroatoms. The molecule has 2 nitrogen and oxygen atoms in total. The van der Waals surface area contributed by atoms with E-state index < -0.39 is 0 Å². The molecule has 2 aliphatic rings. The van der Waals surface area contributed by atoms with Crippen molar-refractivity contribution in [1.82, 2.24) is 0 Å². The van der Waals surface area contributed by atoms with Gasteiger partial charge in [0, 0.05) is 0 Å². The fourth-order valence-electron chi connectivity index (χ4n) is 1.80. The monoisotopic (exact) mass is 142 g/mol. The third-order valence-electron chi connectivity index (χ3n) is 2.43. The van der Waals surface area contributed by atoms with Crippen LogP contribution in [0.2, 0.25) is 0 Å². The van der Waals surface area contributed by atoms with Crippen molar-refractivity contribution in [3.63, 3.8) is 0 Å². The molecule has 0 unspecified atom stereocenters. The van der Waals surface area contributed by atoms with Gasteiger partial charge in [-0.3, -0.25) is 0 Å². The standard InChI is InChI=1S/C8H14O2/c1-8(2)6-4-3-5-7(9-6)10-8/h6-7H,3-5H2,1-2H3/t6-,7-/m0/s1. The molecular formula is C8H14O2. The molecule has 58 valence electrons. The third-order valence-corrected chi connectivity index (χ3v) is 2.43. The molecule has 10 heavy (non-hydrogen) atoms. The van der Waals surface area contributed by atoms with Crippen LogP contribution in [0.15, 0.2) is 0 Å². The quantitative estimate of drug-likeness (QED) is 0.512. The van der Waals surface area contributed by atoms with Crippen molar-refractivity contribution < 1.29 is 9.47 Å². The normalized spacial score (nSPS) is 43.8. The summed E-state index contributed by atoms with van der Waals surface area (Å²) < 4.78 is 11.2. The third kappa shape index (κ3) is 0.867. The number of hydrogen-bond acceptors (Lipinski definition) is 2. The molecule has 0 aliphatic carbocycles. The fraction of sp³-hybridized carbons (Fsp3) is 1.00. The van der Waals surface area contributed by atoms with Crippen LogP contribution in [0.5, 0.6) is 0 Å². The van der Waals surface area contributed by atoms with Gasteiger partial charge in [-0.2, -0.15) is 0 Å². The van der Waals surface area contributed by atoms with Gasteiger partial charge in [0.05, 0.1) is 11.7 Å². The highest BCUT2D eigenvalue weighted by Crippen LogP contribution is 2.38. The van der Waals surface area contributed by atoms with E-state index in [1.165, 1.54) is 12.8 Å². The Kier molecular flexibility index (Phi) is 1.29. The van der Waals surface area contributed by atoms with Crippen molar-refractivity contribution in [1.29, 1.82) is 0 Å². The Morgan fingerprint density at radius 2 is 2.10 bits per heavy atom. The van der Waals surface area contributed by atoms with Crippen LogP contribution in [-0.4, -0.2) is 18.0 Å². The van der Waals surface area contributed by atoms with Crippen molar-refractivity contribution in [3.8, 4) is 0 Å². The minimum atomic E-state index is -0.0266. The number of rotatable bonds is 0. The van der Waals surface area contributed by atoms with Gasteiger partial charge in [0.15, 0.2) is 6.29 Å². The second kappa shape index (κ2) is 1.95. The van der Waals surface area contributed by atoms with Gasteiger partial charge in [-0.05, 0) is 33.1 Å². The summed E-state index contributed by atoms with van der Waals surface area (Å²) in [5.41, 5.74) is -0.0266. The van der Waals surface area contributed by atoms with Gasteiger partial charge in [0.2, 0.25) is 0 Å². The lowest BCUT2D eigenvalue weighted by Crippen LogP contribution is -2.32. The van der Waals surface area contributed by atoms with Gasteiger partial charge in [-0.25, -0.2) is 0 Å². The van der Waals surface area contributed by atoms with Gasteiger partial charge in [-0.15, -0.1) is 0 Å². The molecule has 2 fully saturated rings. The van der Waals surface area contributed by atoms with Crippen LogP contribution >= 0.6 is 0 Å². The van der Waals surface area contributed by atoms with Gasteiger partial charge in [-0.1, -0.05) is 0 Å². The predicted molar refractivity (Wildman–Crippen MR) is 37.7 cm³/mol. The van der Waals surface area contributed by atoms with Gasteiger partial charge in [0.25, 0.3) is 0 Å². The molecule has 2 atom stereocenters. The van der Waals surface area contributed by atoms with Crippen molar-refractivity contribution in [2.24, 2.45) is 0 Å². The molecule has 0 aromatic heterocycles. The first-order chi connectivity index (χ1) is 4.68. The molecule has 0 N–H and O–H groups in total. The Bertz CT molecular complexity index is 142. The largest absolute Gasteiger partial charge is 0.346 e. The Hall–Kier alpha value is -0.0800. The lowest BCUT2D eigenvalue weighted by molar-refractivity contribution is -0.0948. The maximum atomic E-state index is 5.65. The molecule has 2 aliphatic heterocycles. The second-order valence-electron chi connectivity index (χ2n) is 3.71. The zero-order valence-electron chi connectivity index (χ0n) is 6.59. The first-order valence-electron chi connectivity index (χ1n) is 4.02. The lowest BCUT2D eigenvalue weighted by Gasteiger charge is -2.22. The minimum Gasteiger partial charge on any atom is -0.346 e. The summed E-state index contributed by atoms with van der Waals surface area (Å²) >= 11 is 0. The molecular weight excluding hydrogens is 128 g/mol. The molecule has 0 aromatic carbocycles. The molecule has 2 rings (SSSR count). The van der Waals surface area contributed by atoms with E-state index in [4.69, 9.17) is 9.47 Å². The van der Waals surface area contributed by atoms with E-state index in [0.717, 1.165) is 6.42 Å². The Labute approximate surface area is 61.5 Å². The number of ether oxygens (including phenoxy) is 2. The van der Waals surface area contributed by atoms with Crippen molar-refractivity contribution >= 4 is 0 Å². The highest BCUT2D eigenvalue weighted by atomic mass is 16.7. The van der Waals surface area contributed by atoms with E-state index in [2.05, 4.69) is 13.8 Å². The van der Waals surface area contributed by atoms with E-state index in [1.807, 2.05) is 0 Å². The highest BCUT2D eigenvalue weighted by Gasteiger charge is 2.44. The molecule has 0 amide bonds. The molecule has 2 heterocycles. The molecule has 2 bridgehead atoms. The van der Waals surface area contributed by atoms with Gasteiger partial charge in [0.1, 0.15) is 0 Å². The topological polar surface area (TPSA) is 18.5 Å². The summed E-state index contributed by atoms with van der Waals surface area (Å²) in [6, 6.07) is 0. The van der Waals surface area contributed by atoms with Crippen LogP contribution in [0.3, 0.4) is 0 Å². The first-order valence-corrected chi connectivity index (χ1v) is 4.02. The summed E-state index contributed by atoms with van der Waals surface area (Å²) in [5, 5.41) is 0. The highest BCUT2D eigenvalue weighted by molar-refractivity contribution is 4.89. The Balaban J connectivity index is 2.15. The zero-order chi connectivity index (χ0) is 7.19. The van der Waals surface area contributed by atoms with Crippen LogP contribution in [0.25, 0.3) is 0 Å². The minimum absolute atomic E-state index is 0.0266. The van der Waals surface area contributed by atoms with Crippen LogP contribution in [0.1, 0.15) is 33.1 Å². The summed E-state index contributed by atoms with van der Waals surface area (Å²) in [7, 11) is 0. The zero-order valence-corrected chi connectivity index (χ0v) is 6.59. The maximum absolute atomic E-state index is 5.65. The van der Waals surface area contributed by atoms with Crippen molar-refractivity contribution in [2.45, 2.75) is 51.1 Å². The smallest absolute Gasteiger partial charge is 0.158 e. The fourth-order valence-corrected chi connectivity index (χ4v) is 1.80. The molecule has 0 saturated carbocycles.